The molecule has 1 N–H and O–H groups in total. The minimum Gasteiger partial charge on any atom is -0.389 e. The predicted molar refractivity (Wildman–Crippen MR) is 63.4 cm³/mol. The first-order valence-electron chi connectivity index (χ1n) is 6.34. The Kier molecular flexibility index (Phi) is 3.79. The van der Waals surface area contributed by atoms with Crippen LogP contribution in [0, 0.1) is 0 Å². The zero-order chi connectivity index (χ0) is 12.3. The van der Waals surface area contributed by atoms with Crippen molar-refractivity contribution in [2.75, 3.05) is 13.6 Å². The first-order chi connectivity index (χ1) is 8.11. The van der Waals surface area contributed by atoms with Crippen molar-refractivity contribution in [2.24, 2.45) is 0 Å². The largest absolute Gasteiger partial charge is 0.389 e. The van der Waals surface area contributed by atoms with Crippen LogP contribution in [0.2, 0.25) is 0 Å². The minimum atomic E-state index is -0.512. The molecule has 0 saturated heterocycles. The van der Waals surface area contributed by atoms with Crippen LogP contribution in [0.1, 0.15) is 44.3 Å². The Labute approximate surface area is 102 Å². The molecule has 0 unspecified atom stereocenters. The molecule has 1 saturated carbocycles. The van der Waals surface area contributed by atoms with Gasteiger partial charge in [-0.25, -0.2) is 0 Å². The van der Waals surface area contributed by atoms with Gasteiger partial charge < -0.3 is 9.63 Å². The van der Waals surface area contributed by atoms with Crippen LogP contribution in [0.4, 0.5) is 0 Å². The second kappa shape index (κ2) is 5.14. The predicted octanol–water partition coefficient (Wildman–Crippen LogP) is 1.37. The Hall–Kier alpha value is -0.940. The molecule has 0 aliphatic heterocycles. The van der Waals surface area contributed by atoms with Crippen LogP contribution in [-0.4, -0.2) is 39.3 Å². The van der Waals surface area contributed by atoms with Gasteiger partial charge in [-0.15, -0.1) is 0 Å². The van der Waals surface area contributed by atoms with Crippen LogP contribution in [0.25, 0.3) is 0 Å². The molecule has 0 amide bonds. The van der Waals surface area contributed by atoms with Crippen molar-refractivity contribution >= 4 is 0 Å². The summed E-state index contributed by atoms with van der Waals surface area (Å²) in [5.74, 6) is 1.37. The number of nitrogens with zero attached hydrogens (tertiary/aromatic N) is 3. The molecule has 1 fully saturated rings. The number of aliphatic hydroxyl groups is 1. The zero-order valence-electron chi connectivity index (χ0n) is 10.6. The molecule has 96 valence electrons. The normalized spacial score (nSPS) is 19.1. The van der Waals surface area contributed by atoms with Crippen molar-refractivity contribution in [3.8, 4) is 0 Å². The van der Waals surface area contributed by atoms with E-state index in [1.165, 1.54) is 0 Å². The van der Waals surface area contributed by atoms with E-state index in [0.29, 0.717) is 19.0 Å². The molecule has 1 aliphatic rings. The molecular formula is C12H21N3O2. The lowest BCUT2D eigenvalue weighted by Gasteiger charge is -2.27. The summed E-state index contributed by atoms with van der Waals surface area (Å²) in [7, 11) is 1.98. The molecule has 0 bridgehead atoms. The van der Waals surface area contributed by atoms with Gasteiger partial charge in [0.1, 0.15) is 0 Å². The van der Waals surface area contributed by atoms with Gasteiger partial charge in [0.2, 0.25) is 5.89 Å². The molecule has 0 radical (unpaired) electrons. The number of aryl methyl sites for hydroxylation is 1. The highest BCUT2D eigenvalue weighted by Crippen LogP contribution is 2.30. The van der Waals surface area contributed by atoms with Gasteiger partial charge in [0.05, 0.1) is 12.1 Å². The second-order valence-corrected chi connectivity index (χ2v) is 5.06. The van der Waals surface area contributed by atoms with E-state index >= 15 is 0 Å². The Morgan fingerprint density at radius 1 is 1.41 bits per heavy atom. The van der Waals surface area contributed by atoms with Crippen molar-refractivity contribution in [1.82, 2.24) is 15.0 Å². The van der Waals surface area contributed by atoms with Crippen molar-refractivity contribution in [3.63, 3.8) is 0 Å². The lowest BCUT2D eigenvalue weighted by Crippen LogP contribution is -2.38. The average molecular weight is 239 g/mol. The van der Waals surface area contributed by atoms with Crippen LogP contribution in [0.15, 0.2) is 4.52 Å². The van der Waals surface area contributed by atoms with E-state index in [-0.39, 0.29) is 0 Å². The van der Waals surface area contributed by atoms with Crippen molar-refractivity contribution in [3.05, 3.63) is 11.7 Å². The molecule has 1 aliphatic carbocycles. The summed E-state index contributed by atoms with van der Waals surface area (Å²) < 4.78 is 5.14. The first-order valence-corrected chi connectivity index (χ1v) is 6.34. The number of hydrogen-bond donors (Lipinski definition) is 1. The summed E-state index contributed by atoms with van der Waals surface area (Å²) in [4.78, 5) is 6.32. The quantitative estimate of drug-likeness (QED) is 0.840. The van der Waals surface area contributed by atoms with Crippen molar-refractivity contribution in [2.45, 2.75) is 51.2 Å². The van der Waals surface area contributed by atoms with E-state index in [2.05, 4.69) is 15.0 Å². The second-order valence-electron chi connectivity index (χ2n) is 5.06. The third-order valence-electron chi connectivity index (χ3n) is 3.33. The monoisotopic (exact) mass is 239 g/mol. The fourth-order valence-electron chi connectivity index (χ4n) is 2.48. The molecule has 1 aromatic heterocycles. The topological polar surface area (TPSA) is 62.4 Å². The van der Waals surface area contributed by atoms with E-state index in [1.807, 2.05) is 14.0 Å². The van der Waals surface area contributed by atoms with Crippen molar-refractivity contribution in [1.29, 1.82) is 0 Å². The molecule has 0 aromatic carbocycles. The van der Waals surface area contributed by atoms with Gasteiger partial charge in [0.25, 0.3) is 0 Å². The van der Waals surface area contributed by atoms with Gasteiger partial charge in [-0.2, -0.15) is 4.98 Å². The van der Waals surface area contributed by atoms with E-state index in [4.69, 9.17) is 4.52 Å². The summed E-state index contributed by atoms with van der Waals surface area (Å²) >= 11 is 0. The van der Waals surface area contributed by atoms with Gasteiger partial charge >= 0.3 is 0 Å². The number of rotatable bonds is 5. The summed E-state index contributed by atoms with van der Waals surface area (Å²) in [5, 5.41) is 14.1. The Morgan fingerprint density at radius 3 is 2.71 bits per heavy atom. The summed E-state index contributed by atoms with van der Waals surface area (Å²) in [6.45, 7) is 3.28. The number of aromatic nitrogens is 2. The highest BCUT2D eigenvalue weighted by molar-refractivity contribution is 4.89. The Bertz CT molecular complexity index is 358. The molecular weight excluding hydrogens is 218 g/mol. The van der Waals surface area contributed by atoms with Gasteiger partial charge in [-0.3, -0.25) is 4.90 Å². The maximum Gasteiger partial charge on any atom is 0.240 e. The number of likely N-dealkylation sites (N-methyl/N-ethyl adjacent to an activating group) is 1. The fourth-order valence-corrected chi connectivity index (χ4v) is 2.48. The summed E-state index contributed by atoms with van der Waals surface area (Å²) in [5.41, 5.74) is -0.512. The minimum absolute atomic E-state index is 0.512. The Morgan fingerprint density at radius 2 is 2.12 bits per heavy atom. The van der Waals surface area contributed by atoms with Crippen LogP contribution in [0.3, 0.4) is 0 Å². The molecule has 0 atom stereocenters. The van der Waals surface area contributed by atoms with Crippen LogP contribution in [0.5, 0.6) is 0 Å². The Balaban J connectivity index is 1.86. The van der Waals surface area contributed by atoms with Crippen molar-refractivity contribution < 1.29 is 9.63 Å². The van der Waals surface area contributed by atoms with E-state index < -0.39 is 5.60 Å². The standard InChI is InChI=1S/C12H21N3O2/c1-3-10-13-11(17-14-10)8-15(2)9-12(16)6-4-5-7-12/h16H,3-9H2,1-2H3. The lowest BCUT2D eigenvalue weighted by molar-refractivity contribution is 0.0124. The maximum atomic E-state index is 10.3. The average Bonchev–Trinajstić information content (AvgIpc) is 2.87. The third-order valence-corrected chi connectivity index (χ3v) is 3.33. The van der Waals surface area contributed by atoms with Gasteiger partial charge in [0.15, 0.2) is 5.82 Å². The lowest BCUT2D eigenvalue weighted by atomic mass is 10.0. The smallest absolute Gasteiger partial charge is 0.240 e. The molecule has 5 nitrogen and oxygen atoms in total. The maximum absolute atomic E-state index is 10.3. The van der Waals surface area contributed by atoms with E-state index in [1.54, 1.807) is 0 Å². The highest BCUT2D eigenvalue weighted by Gasteiger charge is 2.32. The number of hydrogen-bond acceptors (Lipinski definition) is 5. The van der Waals surface area contributed by atoms with E-state index in [0.717, 1.165) is 37.9 Å². The molecule has 1 aromatic rings. The molecule has 1 heterocycles. The highest BCUT2D eigenvalue weighted by atomic mass is 16.5. The zero-order valence-corrected chi connectivity index (χ0v) is 10.6. The van der Waals surface area contributed by atoms with E-state index in [9.17, 15) is 5.11 Å². The van der Waals surface area contributed by atoms with Gasteiger partial charge in [-0.1, -0.05) is 24.9 Å². The SMILES string of the molecule is CCc1noc(CN(C)CC2(O)CCCC2)n1. The van der Waals surface area contributed by atoms with Crippen LogP contribution < -0.4 is 0 Å². The molecule has 17 heavy (non-hydrogen) atoms. The summed E-state index contributed by atoms with van der Waals surface area (Å²) in [6, 6.07) is 0. The third kappa shape index (κ3) is 3.26. The van der Waals surface area contributed by atoms with Crippen LogP contribution in [-0.2, 0) is 13.0 Å². The van der Waals surface area contributed by atoms with Gasteiger partial charge in [-0.05, 0) is 19.9 Å². The van der Waals surface area contributed by atoms with Gasteiger partial charge in [0, 0.05) is 13.0 Å². The molecule has 0 spiro atoms. The molecule has 5 heteroatoms. The fraction of sp³-hybridized carbons (Fsp3) is 0.833. The first kappa shape index (κ1) is 12.5. The van der Waals surface area contributed by atoms with Crippen LogP contribution >= 0.6 is 0 Å². The summed E-state index contributed by atoms with van der Waals surface area (Å²) in [6.07, 6.45) is 4.86. The molecule has 2 rings (SSSR count).